The summed E-state index contributed by atoms with van der Waals surface area (Å²) in [5.74, 6) is 0. The highest BCUT2D eigenvalue weighted by molar-refractivity contribution is 7.26. The molecule has 11 rings (SSSR count). The Morgan fingerprint density at radius 3 is 2.07 bits per heavy atom. The Hall–Kier alpha value is -5.42. The molecular formula is C42H23NOS2. The number of thiophene rings is 2. The van der Waals surface area contributed by atoms with E-state index in [-0.39, 0.29) is 0 Å². The number of hydrogen-bond acceptors (Lipinski definition) is 3. The highest BCUT2D eigenvalue weighted by atomic mass is 32.1. The lowest BCUT2D eigenvalue weighted by Crippen LogP contribution is -1.95. The first-order valence-electron chi connectivity index (χ1n) is 15.5. The van der Waals surface area contributed by atoms with Crippen LogP contribution in [0.15, 0.2) is 144 Å². The molecule has 4 heterocycles. The lowest BCUT2D eigenvalue weighted by Gasteiger charge is -2.12. The van der Waals surface area contributed by atoms with Crippen molar-refractivity contribution in [1.29, 1.82) is 0 Å². The summed E-state index contributed by atoms with van der Waals surface area (Å²) in [5, 5.41) is 10.1. The van der Waals surface area contributed by atoms with Crippen LogP contribution in [0.2, 0.25) is 0 Å². The van der Waals surface area contributed by atoms with Crippen molar-refractivity contribution in [1.82, 2.24) is 4.57 Å². The van der Waals surface area contributed by atoms with Gasteiger partial charge in [0.05, 0.1) is 16.7 Å². The summed E-state index contributed by atoms with van der Waals surface area (Å²) in [6.45, 7) is 0. The quantitative estimate of drug-likeness (QED) is 0.188. The summed E-state index contributed by atoms with van der Waals surface area (Å²) in [4.78, 5) is 0. The normalized spacial score (nSPS) is 12.3. The zero-order valence-electron chi connectivity index (χ0n) is 24.5. The van der Waals surface area contributed by atoms with Crippen LogP contribution < -0.4 is 0 Å². The molecule has 0 spiro atoms. The molecule has 0 amide bonds. The number of furan rings is 1. The SMILES string of the molecule is c1ccc2c(c1)oc1cc(-c3cccc4sc5cccc(-n6c7ccccc7c7cc8sc9ccccc9c8cc76)c5c34)ccc12. The van der Waals surface area contributed by atoms with Crippen molar-refractivity contribution < 1.29 is 4.42 Å². The van der Waals surface area contributed by atoms with Crippen LogP contribution in [0.5, 0.6) is 0 Å². The van der Waals surface area contributed by atoms with E-state index >= 15 is 0 Å². The number of fused-ring (bicyclic) bond motifs is 12. The van der Waals surface area contributed by atoms with E-state index in [9.17, 15) is 0 Å². The second-order valence-electron chi connectivity index (χ2n) is 12.1. The molecule has 0 saturated carbocycles. The topological polar surface area (TPSA) is 18.1 Å². The molecule has 0 bridgehead atoms. The van der Waals surface area contributed by atoms with Gasteiger partial charge in [-0.05, 0) is 71.8 Å². The van der Waals surface area contributed by atoms with Crippen molar-refractivity contribution in [3.05, 3.63) is 140 Å². The van der Waals surface area contributed by atoms with Crippen LogP contribution >= 0.6 is 22.7 Å². The predicted molar refractivity (Wildman–Crippen MR) is 199 cm³/mol. The molecule has 0 radical (unpaired) electrons. The summed E-state index contributed by atoms with van der Waals surface area (Å²) in [6, 6.07) is 51.0. The van der Waals surface area contributed by atoms with Crippen molar-refractivity contribution in [2.75, 3.05) is 0 Å². The summed E-state index contributed by atoms with van der Waals surface area (Å²) < 4.78 is 14.1. The third kappa shape index (κ3) is 3.30. The maximum Gasteiger partial charge on any atom is 0.136 e. The minimum absolute atomic E-state index is 0.921. The molecule has 0 N–H and O–H groups in total. The van der Waals surface area contributed by atoms with Gasteiger partial charge in [-0.3, -0.25) is 0 Å². The lowest BCUT2D eigenvalue weighted by molar-refractivity contribution is 0.669. The molecule has 0 fully saturated rings. The van der Waals surface area contributed by atoms with Crippen molar-refractivity contribution in [3.8, 4) is 16.8 Å². The molecule has 0 aliphatic carbocycles. The van der Waals surface area contributed by atoms with Crippen LogP contribution in [0.4, 0.5) is 0 Å². The smallest absolute Gasteiger partial charge is 0.136 e. The number of benzene rings is 7. The van der Waals surface area contributed by atoms with Crippen LogP contribution in [0.1, 0.15) is 0 Å². The average Bonchev–Trinajstić information content (AvgIpc) is 3.85. The number of nitrogens with zero attached hydrogens (tertiary/aromatic N) is 1. The van der Waals surface area contributed by atoms with Crippen LogP contribution in [0, 0.1) is 0 Å². The van der Waals surface area contributed by atoms with E-state index in [4.69, 9.17) is 4.42 Å². The largest absolute Gasteiger partial charge is 0.456 e. The van der Waals surface area contributed by atoms with Crippen LogP contribution in [-0.2, 0) is 0 Å². The summed E-state index contributed by atoms with van der Waals surface area (Å²) >= 11 is 3.75. The fourth-order valence-electron chi connectivity index (χ4n) is 7.62. The Kier molecular flexibility index (Phi) is 4.90. The predicted octanol–water partition coefficient (Wildman–Crippen LogP) is 13.1. The Bertz CT molecular complexity index is 3040. The van der Waals surface area contributed by atoms with Gasteiger partial charge in [-0.15, -0.1) is 22.7 Å². The van der Waals surface area contributed by atoms with Gasteiger partial charge in [-0.1, -0.05) is 78.9 Å². The third-order valence-corrected chi connectivity index (χ3v) is 11.9. The van der Waals surface area contributed by atoms with E-state index in [0.717, 1.165) is 21.9 Å². The highest BCUT2D eigenvalue weighted by Crippen LogP contribution is 2.46. The van der Waals surface area contributed by atoms with E-state index in [1.165, 1.54) is 79.0 Å². The van der Waals surface area contributed by atoms with Gasteiger partial charge >= 0.3 is 0 Å². The zero-order chi connectivity index (χ0) is 29.9. The van der Waals surface area contributed by atoms with Crippen molar-refractivity contribution in [3.63, 3.8) is 0 Å². The highest BCUT2D eigenvalue weighted by Gasteiger charge is 2.20. The summed E-state index contributed by atoms with van der Waals surface area (Å²) in [5.41, 5.74) is 7.93. The van der Waals surface area contributed by atoms with Gasteiger partial charge in [0, 0.05) is 61.9 Å². The van der Waals surface area contributed by atoms with E-state index in [2.05, 4.69) is 132 Å². The Labute approximate surface area is 270 Å². The van der Waals surface area contributed by atoms with Crippen LogP contribution in [0.3, 0.4) is 0 Å². The molecule has 214 valence electrons. The Balaban J connectivity index is 1.25. The van der Waals surface area contributed by atoms with Gasteiger partial charge in [-0.2, -0.15) is 0 Å². The molecule has 4 aromatic heterocycles. The molecule has 0 unspecified atom stereocenters. The molecule has 4 heteroatoms. The van der Waals surface area contributed by atoms with Gasteiger partial charge in [0.15, 0.2) is 0 Å². The average molecular weight is 622 g/mol. The van der Waals surface area contributed by atoms with Gasteiger partial charge in [0.1, 0.15) is 11.2 Å². The fraction of sp³-hybridized carbons (Fsp3) is 0. The van der Waals surface area contributed by atoms with Gasteiger partial charge in [0.25, 0.3) is 0 Å². The maximum absolute atomic E-state index is 6.33. The lowest BCUT2D eigenvalue weighted by atomic mass is 9.97. The van der Waals surface area contributed by atoms with Crippen molar-refractivity contribution in [2.45, 2.75) is 0 Å². The van der Waals surface area contributed by atoms with Crippen molar-refractivity contribution >= 4 is 107 Å². The second-order valence-corrected chi connectivity index (χ2v) is 14.2. The van der Waals surface area contributed by atoms with Gasteiger partial charge < -0.3 is 8.98 Å². The number of para-hydroxylation sites is 2. The van der Waals surface area contributed by atoms with Crippen LogP contribution in [0.25, 0.3) is 101 Å². The van der Waals surface area contributed by atoms with E-state index in [1.807, 2.05) is 34.8 Å². The van der Waals surface area contributed by atoms with E-state index < -0.39 is 0 Å². The summed E-state index contributed by atoms with van der Waals surface area (Å²) in [6.07, 6.45) is 0. The minimum Gasteiger partial charge on any atom is -0.456 e. The molecule has 0 aliphatic heterocycles. The van der Waals surface area contributed by atoms with E-state index in [1.54, 1.807) is 0 Å². The first-order chi connectivity index (χ1) is 22.8. The molecule has 0 aliphatic rings. The molecule has 46 heavy (non-hydrogen) atoms. The zero-order valence-corrected chi connectivity index (χ0v) is 26.1. The number of rotatable bonds is 2. The minimum atomic E-state index is 0.921. The molecule has 0 saturated heterocycles. The molecule has 0 atom stereocenters. The number of hydrogen-bond donors (Lipinski definition) is 0. The first-order valence-corrected chi connectivity index (χ1v) is 17.1. The number of aromatic nitrogens is 1. The van der Waals surface area contributed by atoms with Crippen molar-refractivity contribution in [2.24, 2.45) is 0 Å². The van der Waals surface area contributed by atoms with Gasteiger partial charge in [0.2, 0.25) is 0 Å². The summed E-state index contributed by atoms with van der Waals surface area (Å²) in [7, 11) is 0. The van der Waals surface area contributed by atoms with Crippen LogP contribution in [-0.4, -0.2) is 4.57 Å². The first kappa shape index (κ1) is 24.8. The van der Waals surface area contributed by atoms with E-state index in [0.29, 0.717) is 0 Å². The maximum atomic E-state index is 6.33. The fourth-order valence-corrected chi connectivity index (χ4v) is 9.90. The molecule has 2 nitrogen and oxygen atoms in total. The van der Waals surface area contributed by atoms with Gasteiger partial charge in [-0.25, -0.2) is 0 Å². The second kappa shape index (κ2) is 9.07. The Morgan fingerprint density at radius 1 is 0.413 bits per heavy atom. The standard InChI is InChI=1S/C42H23NOS2/c1-4-13-32-26(9-1)30-23-40-31(29-11-3-6-16-37(29)45-40)22-34(30)43(32)33-14-8-18-39-42(33)41-25(12-7-17-38(41)46-39)24-19-20-28-27-10-2-5-15-35(27)44-36(28)21-24/h1-23H. The monoisotopic (exact) mass is 621 g/mol. The molecular weight excluding hydrogens is 599 g/mol. The molecule has 11 aromatic rings. The molecule has 7 aromatic carbocycles. The Morgan fingerprint density at radius 2 is 1.13 bits per heavy atom. The third-order valence-electron chi connectivity index (χ3n) is 9.60.